The van der Waals surface area contributed by atoms with E-state index in [0.717, 1.165) is 16.8 Å². The van der Waals surface area contributed by atoms with Crippen LogP contribution >= 0.6 is 11.3 Å². The first-order valence-corrected chi connectivity index (χ1v) is 19.6. The fourth-order valence-electron chi connectivity index (χ4n) is 8.75. The number of para-hydroxylation sites is 4. The maximum absolute atomic E-state index is 6.38. The first-order chi connectivity index (χ1) is 26.3. The van der Waals surface area contributed by atoms with Gasteiger partial charge in [-0.2, -0.15) is 0 Å². The SMILES string of the molecule is Cc1cc(B2OC(C)C(C)(C)O2)ccc1-c1cc(-n2c3ccccc3c3ccccc32)cc2c1sc1ccc(-n3c4ccccc4c4ccccc43)cc12. The minimum atomic E-state index is -0.379. The van der Waals surface area contributed by atoms with E-state index in [-0.39, 0.29) is 18.8 Å². The first kappa shape index (κ1) is 31.8. The van der Waals surface area contributed by atoms with Gasteiger partial charge in [-0.05, 0) is 98.9 Å². The second-order valence-corrected chi connectivity index (χ2v) is 16.4. The average Bonchev–Trinajstić information content (AvgIpc) is 3.91. The summed E-state index contributed by atoms with van der Waals surface area (Å²) in [5.74, 6) is 0. The van der Waals surface area contributed by atoms with Gasteiger partial charge in [0.2, 0.25) is 0 Å². The molecule has 0 amide bonds. The molecule has 0 N–H and O–H groups in total. The average molecular weight is 717 g/mol. The fourth-order valence-corrected chi connectivity index (χ4v) is 9.94. The topological polar surface area (TPSA) is 28.3 Å². The summed E-state index contributed by atoms with van der Waals surface area (Å²) >= 11 is 1.88. The van der Waals surface area contributed by atoms with Crippen molar-refractivity contribution in [1.82, 2.24) is 9.13 Å². The minimum Gasteiger partial charge on any atom is -0.402 e. The van der Waals surface area contributed by atoms with Crippen LogP contribution in [0, 0.1) is 6.92 Å². The number of benzene rings is 7. The molecule has 11 rings (SSSR count). The highest BCUT2D eigenvalue weighted by Gasteiger charge is 2.44. The Morgan fingerprint density at radius 2 is 1.09 bits per heavy atom. The van der Waals surface area contributed by atoms with Crippen LogP contribution < -0.4 is 5.46 Å². The molecule has 10 aromatic rings. The summed E-state index contributed by atoms with van der Waals surface area (Å²) in [6.07, 6.45) is 0.0102. The molecule has 1 aliphatic heterocycles. The summed E-state index contributed by atoms with van der Waals surface area (Å²) < 4.78 is 20.1. The van der Waals surface area contributed by atoms with Gasteiger partial charge in [-0.1, -0.05) is 91.0 Å². The maximum atomic E-state index is 6.38. The van der Waals surface area contributed by atoms with Gasteiger partial charge in [0, 0.05) is 58.7 Å². The second kappa shape index (κ2) is 11.7. The lowest BCUT2D eigenvalue weighted by molar-refractivity contribution is 0.0842. The van der Waals surface area contributed by atoms with E-state index in [1.54, 1.807) is 0 Å². The predicted octanol–water partition coefficient (Wildman–Crippen LogP) is 12.1. The zero-order chi connectivity index (χ0) is 36.3. The monoisotopic (exact) mass is 716 g/mol. The van der Waals surface area contributed by atoms with Crippen molar-refractivity contribution in [3.63, 3.8) is 0 Å². The normalized spacial score (nSPS) is 15.9. The summed E-state index contributed by atoms with van der Waals surface area (Å²) in [7, 11) is -0.379. The number of aromatic nitrogens is 2. The number of rotatable bonds is 4. The molecule has 3 aromatic heterocycles. The van der Waals surface area contributed by atoms with E-state index in [2.05, 4.69) is 182 Å². The van der Waals surface area contributed by atoms with Crippen molar-refractivity contribution in [2.75, 3.05) is 0 Å². The van der Waals surface area contributed by atoms with Gasteiger partial charge < -0.3 is 18.4 Å². The maximum Gasteiger partial charge on any atom is 0.494 e. The molecule has 0 aliphatic carbocycles. The fraction of sp³-hybridized carbons (Fsp3) is 0.125. The van der Waals surface area contributed by atoms with Gasteiger partial charge in [0.1, 0.15) is 0 Å². The number of aryl methyl sites for hydroxylation is 1. The molecule has 1 aliphatic rings. The third-order valence-corrected chi connectivity index (χ3v) is 13.0. The summed E-state index contributed by atoms with van der Waals surface area (Å²) in [5, 5.41) is 7.57. The zero-order valence-electron chi connectivity index (χ0n) is 30.6. The molecule has 1 unspecified atom stereocenters. The first-order valence-electron chi connectivity index (χ1n) is 18.8. The lowest BCUT2D eigenvalue weighted by atomic mass is 9.77. The van der Waals surface area contributed by atoms with Gasteiger partial charge in [-0.3, -0.25) is 0 Å². The third kappa shape index (κ3) is 4.64. The van der Waals surface area contributed by atoms with Crippen LogP contribution in [0.25, 0.3) is 86.3 Å². The van der Waals surface area contributed by atoms with Gasteiger partial charge in [-0.15, -0.1) is 11.3 Å². The Hall–Kier alpha value is -5.66. The standard InChI is InChI=1S/C48H37BN2O2S/c1-29-25-31(49-52-30(2)48(3,4)53-49)21-23-34(29)40-27-33(51-44-19-11-7-15-37(44)38-16-8-12-20-45(38)51)28-41-39-26-32(22-24-46(39)54-47(40)41)50-42-17-9-5-13-35(42)36-14-6-10-18-43(36)50/h5-28,30H,1-4H3. The highest BCUT2D eigenvalue weighted by molar-refractivity contribution is 7.26. The molecular formula is C48H37BN2O2S. The number of thiophene rings is 1. The zero-order valence-corrected chi connectivity index (χ0v) is 31.4. The summed E-state index contributed by atoms with van der Waals surface area (Å²) in [6.45, 7) is 8.51. The van der Waals surface area contributed by atoms with Crippen molar-refractivity contribution in [2.45, 2.75) is 39.4 Å². The van der Waals surface area contributed by atoms with Crippen molar-refractivity contribution in [3.05, 3.63) is 151 Å². The molecule has 1 saturated heterocycles. The Labute approximate surface area is 317 Å². The number of hydrogen-bond acceptors (Lipinski definition) is 3. The number of hydrogen-bond donors (Lipinski definition) is 0. The molecule has 54 heavy (non-hydrogen) atoms. The smallest absolute Gasteiger partial charge is 0.402 e. The second-order valence-electron chi connectivity index (χ2n) is 15.3. The Morgan fingerprint density at radius 1 is 0.556 bits per heavy atom. The molecule has 260 valence electrons. The lowest BCUT2D eigenvalue weighted by Gasteiger charge is -2.21. The van der Waals surface area contributed by atoms with Gasteiger partial charge in [-0.25, -0.2) is 0 Å². The molecule has 7 aromatic carbocycles. The van der Waals surface area contributed by atoms with Crippen LogP contribution in [0.5, 0.6) is 0 Å². The van der Waals surface area contributed by atoms with E-state index in [0.29, 0.717) is 0 Å². The molecular weight excluding hydrogens is 679 g/mol. The largest absolute Gasteiger partial charge is 0.494 e. The molecule has 0 bridgehead atoms. The van der Waals surface area contributed by atoms with Crippen molar-refractivity contribution >= 4 is 87.7 Å². The number of fused-ring (bicyclic) bond motifs is 9. The van der Waals surface area contributed by atoms with Crippen LogP contribution in [0.3, 0.4) is 0 Å². The molecule has 6 heteroatoms. The van der Waals surface area contributed by atoms with Crippen molar-refractivity contribution in [3.8, 4) is 22.5 Å². The van der Waals surface area contributed by atoms with E-state index in [1.807, 2.05) is 11.3 Å². The van der Waals surface area contributed by atoms with Crippen LogP contribution in [0.15, 0.2) is 146 Å². The molecule has 1 atom stereocenters. The molecule has 4 heterocycles. The van der Waals surface area contributed by atoms with Crippen LogP contribution in [-0.4, -0.2) is 28.0 Å². The summed E-state index contributed by atoms with van der Waals surface area (Å²) in [6, 6.07) is 53.6. The van der Waals surface area contributed by atoms with E-state index >= 15 is 0 Å². The van der Waals surface area contributed by atoms with E-state index in [9.17, 15) is 0 Å². The van der Waals surface area contributed by atoms with Crippen LogP contribution in [0.2, 0.25) is 0 Å². The van der Waals surface area contributed by atoms with E-state index in [1.165, 1.54) is 80.5 Å². The van der Waals surface area contributed by atoms with Crippen LogP contribution in [0.1, 0.15) is 26.3 Å². The molecule has 4 nitrogen and oxygen atoms in total. The van der Waals surface area contributed by atoms with E-state index in [4.69, 9.17) is 9.31 Å². The molecule has 0 spiro atoms. The number of nitrogens with zero attached hydrogens (tertiary/aromatic N) is 2. The van der Waals surface area contributed by atoms with E-state index < -0.39 is 0 Å². The molecule has 0 saturated carbocycles. The summed E-state index contributed by atoms with van der Waals surface area (Å²) in [5.41, 5.74) is 11.5. The Morgan fingerprint density at radius 3 is 1.63 bits per heavy atom. The van der Waals surface area contributed by atoms with Gasteiger partial charge in [0.25, 0.3) is 0 Å². The minimum absolute atomic E-state index is 0.0102. The Bertz CT molecular complexity index is 3040. The highest BCUT2D eigenvalue weighted by atomic mass is 32.1. The van der Waals surface area contributed by atoms with Gasteiger partial charge >= 0.3 is 7.12 Å². The predicted molar refractivity (Wildman–Crippen MR) is 229 cm³/mol. The van der Waals surface area contributed by atoms with Gasteiger partial charge in [0.15, 0.2) is 0 Å². The molecule has 1 fully saturated rings. The van der Waals surface area contributed by atoms with Crippen molar-refractivity contribution < 1.29 is 9.31 Å². The molecule has 0 radical (unpaired) electrons. The Kier molecular flexibility index (Phi) is 6.88. The van der Waals surface area contributed by atoms with Crippen LogP contribution in [-0.2, 0) is 9.31 Å². The quantitative estimate of drug-likeness (QED) is 0.170. The highest BCUT2D eigenvalue weighted by Crippen LogP contribution is 2.45. The van der Waals surface area contributed by atoms with Crippen molar-refractivity contribution in [1.29, 1.82) is 0 Å². The Balaban J connectivity index is 1.18. The van der Waals surface area contributed by atoms with Crippen LogP contribution in [0.4, 0.5) is 0 Å². The van der Waals surface area contributed by atoms with Gasteiger partial charge in [0.05, 0.1) is 33.8 Å². The third-order valence-electron chi connectivity index (χ3n) is 11.7. The lowest BCUT2D eigenvalue weighted by Crippen LogP contribution is -2.34. The van der Waals surface area contributed by atoms with Crippen molar-refractivity contribution in [2.24, 2.45) is 0 Å². The summed E-state index contributed by atoms with van der Waals surface area (Å²) in [4.78, 5) is 0.